The van der Waals surface area contributed by atoms with Gasteiger partial charge in [0.05, 0.1) is 13.2 Å². The van der Waals surface area contributed by atoms with Gasteiger partial charge in [0, 0.05) is 35.6 Å². The van der Waals surface area contributed by atoms with Crippen LogP contribution in [0.2, 0.25) is 0 Å². The molecule has 0 aliphatic carbocycles. The van der Waals surface area contributed by atoms with Crippen LogP contribution < -0.4 is 10.3 Å². The van der Waals surface area contributed by atoms with Gasteiger partial charge in [-0.2, -0.15) is 0 Å². The second-order valence-electron chi connectivity index (χ2n) is 6.92. The van der Waals surface area contributed by atoms with E-state index in [1.54, 1.807) is 6.07 Å². The molecule has 0 bridgehead atoms. The maximum atomic E-state index is 12.6. The predicted molar refractivity (Wildman–Crippen MR) is 107 cm³/mol. The first kappa shape index (κ1) is 18.3. The Balaban J connectivity index is 1.48. The number of carbonyl (C=O) groups is 1. The zero-order valence-corrected chi connectivity index (χ0v) is 15.7. The highest BCUT2D eigenvalue weighted by Crippen LogP contribution is 2.22. The molecule has 0 spiro atoms. The summed E-state index contributed by atoms with van der Waals surface area (Å²) in [4.78, 5) is 28.9. The van der Waals surface area contributed by atoms with Gasteiger partial charge in [-0.1, -0.05) is 12.1 Å². The van der Waals surface area contributed by atoms with Gasteiger partial charge in [0.25, 0.3) is 5.91 Å². The smallest absolute Gasteiger partial charge is 0.254 e. The first-order valence-electron chi connectivity index (χ1n) is 9.32. The van der Waals surface area contributed by atoms with Gasteiger partial charge in [0.1, 0.15) is 12.4 Å². The lowest BCUT2D eigenvalue weighted by Gasteiger charge is -2.27. The Morgan fingerprint density at radius 3 is 2.79 bits per heavy atom. The quantitative estimate of drug-likeness (QED) is 0.758. The van der Waals surface area contributed by atoms with Crippen LogP contribution >= 0.6 is 0 Å². The molecule has 0 unspecified atom stereocenters. The van der Waals surface area contributed by atoms with Crippen LogP contribution in [0.25, 0.3) is 10.9 Å². The molecular weight excluding hydrogens is 356 g/mol. The van der Waals surface area contributed by atoms with Crippen molar-refractivity contribution in [3.05, 3.63) is 75.6 Å². The summed E-state index contributed by atoms with van der Waals surface area (Å²) in [6.07, 6.45) is 0. The van der Waals surface area contributed by atoms with Gasteiger partial charge >= 0.3 is 0 Å². The third kappa shape index (κ3) is 3.92. The fourth-order valence-corrected chi connectivity index (χ4v) is 3.40. The topological polar surface area (TPSA) is 71.6 Å². The lowest BCUT2D eigenvalue weighted by atomic mass is 10.1. The molecule has 3 aromatic rings. The first-order chi connectivity index (χ1) is 13.6. The van der Waals surface area contributed by atoms with Crippen LogP contribution in [0.5, 0.6) is 5.75 Å². The first-order valence-corrected chi connectivity index (χ1v) is 9.32. The van der Waals surface area contributed by atoms with Crippen molar-refractivity contribution >= 4 is 16.8 Å². The second-order valence-corrected chi connectivity index (χ2v) is 6.92. The van der Waals surface area contributed by atoms with Crippen LogP contribution in [-0.2, 0) is 11.3 Å². The van der Waals surface area contributed by atoms with Gasteiger partial charge in [-0.25, -0.2) is 0 Å². The summed E-state index contributed by atoms with van der Waals surface area (Å²) in [5, 5.41) is 0.952. The molecule has 1 aliphatic heterocycles. The number of nitrogens with one attached hydrogen (secondary N) is 1. The summed E-state index contributed by atoms with van der Waals surface area (Å²) < 4.78 is 11.2. The number of aromatic nitrogens is 1. The molecule has 4 rings (SSSR count). The molecule has 6 nitrogen and oxygen atoms in total. The molecule has 6 heteroatoms. The summed E-state index contributed by atoms with van der Waals surface area (Å²) in [6, 6.07) is 14.7. The number of nitrogens with zero attached hydrogens (tertiary/aromatic N) is 1. The van der Waals surface area contributed by atoms with Crippen molar-refractivity contribution in [3.8, 4) is 5.75 Å². The van der Waals surface area contributed by atoms with Crippen molar-refractivity contribution in [2.45, 2.75) is 13.5 Å². The van der Waals surface area contributed by atoms with E-state index in [1.807, 2.05) is 54.3 Å². The Bertz CT molecular complexity index is 1070. The number of rotatable bonds is 4. The maximum absolute atomic E-state index is 12.6. The number of hydrogen-bond acceptors (Lipinski definition) is 4. The summed E-state index contributed by atoms with van der Waals surface area (Å²) in [6.45, 7) is 4.68. The summed E-state index contributed by atoms with van der Waals surface area (Å²) in [7, 11) is 0. The van der Waals surface area contributed by atoms with E-state index in [4.69, 9.17) is 9.47 Å². The fraction of sp³-hybridized carbons (Fsp3) is 0.273. The van der Waals surface area contributed by atoms with Crippen LogP contribution in [0.1, 0.15) is 21.5 Å². The molecule has 0 radical (unpaired) electrons. The number of benzene rings is 2. The van der Waals surface area contributed by atoms with Crippen LogP contribution in [0, 0.1) is 6.92 Å². The number of carbonyl (C=O) groups excluding carboxylic acids is 1. The predicted octanol–water partition coefficient (Wildman–Crippen LogP) is 2.89. The highest BCUT2D eigenvalue weighted by molar-refractivity contribution is 5.94. The number of fused-ring (bicyclic) bond motifs is 1. The average molecular weight is 378 g/mol. The fourth-order valence-electron chi connectivity index (χ4n) is 3.40. The third-order valence-corrected chi connectivity index (χ3v) is 4.90. The molecule has 1 N–H and O–H groups in total. The lowest BCUT2D eigenvalue weighted by Crippen LogP contribution is -2.40. The molecule has 1 aromatic heterocycles. The Hall–Kier alpha value is -3.12. The SMILES string of the molecule is Cc1cc(=O)[nH]c2ccc(OCc3cccc(C(=O)N4CCOCC4)c3)cc12. The largest absolute Gasteiger partial charge is 0.489 e. The van der Waals surface area contributed by atoms with Crippen LogP contribution in [0.4, 0.5) is 0 Å². The average Bonchev–Trinajstić information content (AvgIpc) is 2.72. The number of aryl methyl sites for hydroxylation is 1. The summed E-state index contributed by atoms with van der Waals surface area (Å²) in [5.41, 5.74) is 3.17. The van der Waals surface area contributed by atoms with Gasteiger partial charge in [-0.15, -0.1) is 0 Å². The summed E-state index contributed by atoms with van der Waals surface area (Å²) in [5.74, 6) is 0.739. The highest BCUT2D eigenvalue weighted by Gasteiger charge is 2.18. The normalized spacial score (nSPS) is 14.2. The Labute approximate surface area is 162 Å². The number of ether oxygens (including phenoxy) is 2. The molecule has 0 atom stereocenters. The molecule has 28 heavy (non-hydrogen) atoms. The third-order valence-electron chi connectivity index (χ3n) is 4.90. The van der Waals surface area contributed by atoms with E-state index in [0.717, 1.165) is 22.0 Å². The van der Waals surface area contributed by atoms with Gasteiger partial charge in [0.15, 0.2) is 0 Å². The van der Waals surface area contributed by atoms with Gasteiger partial charge in [-0.05, 0) is 48.4 Å². The number of hydrogen-bond donors (Lipinski definition) is 1. The van der Waals surface area contributed by atoms with Crippen molar-refractivity contribution in [1.82, 2.24) is 9.88 Å². The van der Waals surface area contributed by atoms with Gasteiger partial charge in [0.2, 0.25) is 5.56 Å². The van der Waals surface area contributed by atoms with Gasteiger partial charge < -0.3 is 19.4 Å². The molecule has 1 amide bonds. The molecule has 1 fully saturated rings. The Morgan fingerprint density at radius 1 is 1.14 bits per heavy atom. The van der Waals surface area contributed by atoms with E-state index in [2.05, 4.69) is 4.98 Å². The number of aromatic amines is 1. The number of H-pyrrole nitrogens is 1. The molecule has 144 valence electrons. The monoisotopic (exact) mass is 378 g/mol. The van der Waals surface area contributed by atoms with Crippen LogP contribution in [0.15, 0.2) is 53.3 Å². The van der Waals surface area contributed by atoms with E-state index in [0.29, 0.717) is 44.2 Å². The zero-order chi connectivity index (χ0) is 19.5. The van der Waals surface area contributed by atoms with Crippen LogP contribution in [-0.4, -0.2) is 42.1 Å². The minimum absolute atomic E-state index is 0.0236. The molecule has 1 aliphatic rings. The number of morpholine rings is 1. The van der Waals surface area contributed by atoms with E-state index in [-0.39, 0.29) is 11.5 Å². The maximum Gasteiger partial charge on any atom is 0.254 e. The van der Waals surface area contributed by atoms with Gasteiger partial charge in [-0.3, -0.25) is 9.59 Å². The summed E-state index contributed by atoms with van der Waals surface area (Å²) >= 11 is 0. The Morgan fingerprint density at radius 2 is 1.96 bits per heavy atom. The van der Waals surface area contributed by atoms with E-state index >= 15 is 0 Å². The molecule has 2 heterocycles. The highest BCUT2D eigenvalue weighted by atomic mass is 16.5. The molecule has 1 saturated heterocycles. The standard InChI is InChI=1S/C22H22N2O4/c1-15-11-21(25)23-20-6-5-18(13-19(15)20)28-14-16-3-2-4-17(12-16)22(26)24-7-9-27-10-8-24/h2-6,11-13H,7-10,14H2,1H3,(H,23,25). The minimum atomic E-state index is -0.111. The van der Waals surface area contributed by atoms with Crippen molar-refractivity contribution in [3.63, 3.8) is 0 Å². The minimum Gasteiger partial charge on any atom is -0.489 e. The van der Waals surface area contributed by atoms with E-state index < -0.39 is 0 Å². The number of amides is 1. The number of pyridine rings is 1. The van der Waals surface area contributed by atoms with Crippen molar-refractivity contribution in [1.29, 1.82) is 0 Å². The van der Waals surface area contributed by atoms with E-state index in [1.165, 1.54) is 0 Å². The van der Waals surface area contributed by atoms with Crippen molar-refractivity contribution in [2.24, 2.45) is 0 Å². The second kappa shape index (κ2) is 7.86. The van der Waals surface area contributed by atoms with Crippen molar-refractivity contribution < 1.29 is 14.3 Å². The zero-order valence-electron chi connectivity index (χ0n) is 15.7. The van der Waals surface area contributed by atoms with E-state index in [9.17, 15) is 9.59 Å². The van der Waals surface area contributed by atoms with Crippen LogP contribution in [0.3, 0.4) is 0 Å². The lowest BCUT2D eigenvalue weighted by molar-refractivity contribution is 0.0303. The van der Waals surface area contributed by atoms with Crippen molar-refractivity contribution in [2.75, 3.05) is 26.3 Å². The molecule has 2 aromatic carbocycles. The Kier molecular flexibility index (Phi) is 5.12. The molecule has 0 saturated carbocycles. The molecular formula is C22H22N2O4.